The number of sulfonamides is 1. The Morgan fingerprint density at radius 2 is 1.84 bits per heavy atom. The Morgan fingerprint density at radius 1 is 1.09 bits per heavy atom. The average Bonchev–Trinajstić information content (AvgIpc) is 3.27. The van der Waals surface area contributed by atoms with Gasteiger partial charge in [-0.05, 0) is 41.3 Å². The summed E-state index contributed by atoms with van der Waals surface area (Å²) in [6.45, 7) is 0.0692. The van der Waals surface area contributed by atoms with Crippen LogP contribution in [0.4, 0.5) is 11.4 Å². The first-order chi connectivity index (χ1) is 15.3. The minimum Gasteiger partial charge on any atom is -0.497 e. The quantitative estimate of drug-likeness (QED) is 0.494. The van der Waals surface area contributed by atoms with E-state index < -0.39 is 15.8 Å². The molecule has 0 radical (unpaired) electrons. The van der Waals surface area contributed by atoms with Gasteiger partial charge in [0.15, 0.2) is 4.91 Å². The second-order valence-corrected chi connectivity index (χ2v) is 10.0. The number of ketones is 1. The van der Waals surface area contributed by atoms with E-state index in [0.717, 1.165) is 5.56 Å². The molecule has 0 fully saturated rings. The predicted octanol–water partition coefficient (Wildman–Crippen LogP) is 4.90. The second-order valence-electron chi connectivity index (χ2n) is 6.82. The molecule has 0 saturated carbocycles. The summed E-state index contributed by atoms with van der Waals surface area (Å²) < 4.78 is 38.7. The zero-order chi connectivity index (χ0) is 22.9. The van der Waals surface area contributed by atoms with Crippen LogP contribution in [0.2, 0.25) is 5.02 Å². The third-order valence-corrected chi connectivity index (χ3v) is 7.84. The molecular formula is C22H19ClN2O5S2. The normalized spacial score (nSPS) is 16.0. The molecule has 0 bridgehead atoms. The Kier molecular flexibility index (Phi) is 6.14. The number of nitrogens with zero attached hydrogens (tertiary/aromatic N) is 1. The molecule has 2 aromatic carbocycles. The van der Waals surface area contributed by atoms with Gasteiger partial charge >= 0.3 is 0 Å². The molecule has 1 N–H and O–H groups in total. The zero-order valence-corrected chi connectivity index (χ0v) is 19.6. The van der Waals surface area contributed by atoms with Crippen molar-refractivity contribution in [3.63, 3.8) is 0 Å². The van der Waals surface area contributed by atoms with Gasteiger partial charge in [-0.2, -0.15) is 0 Å². The molecule has 1 aliphatic rings. The lowest BCUT2D eigenvalue weighted by atomic mass is 10.2. The smallest absolute Gasteiger partial charge is 0.270 e. The van der Waals surface area contributed by atoms with E-state index in [-0.39, 0.29) is 11.4 Å². The zero-order valence-electron chi connectivity index (χ0n) is 17.2. The van der Waals surface area contributed by atoms with Crippen LogP contribution in [0, 0.1) is 0 Å². The van der Waals surface area contributed by atoms with Crippen LogP contribution in [0.15, 0.2) is 65.0 Å². The molecule has 0 saturated heterocycles. The second kappa shape index (κ2) is 8.85. The van der Waals surface area contributed by atoms with Crippen molar-refractivity contribution in [3.8, 4) is 11.5 Å². The van der Waals surface area contributed by atoms with Crippen molar-refractivity contribution in [2.24, 2.45) is 0 Å². The molecule has 0 unspecified atom stereocenters. The van der Waals surface area contributed by atoms with Gasteiger partial charge in [-0.25, -0.2) is 8.42 Å². The minimum absolute atomic E-state index is 0.0692. The number of benzene rings is 2. The van der Waals surface area contributed by atoms with E-state index in [0.29, 0.717) is 32.8 Å². The molecule has 1 aromatic heterocycles. The number of rotatable bonds is 6. The van der Waals surface area contributed by atoms with Gasteiger partial charge in [0.2, 0.25) is 5.78 Å². The van der Waals surface area contributed by atoms with Gasteiger partial charge in [-0.3, -0.25) is 9.10 Å². The number of hydrogen-bond donors (Lipinski definition) is 1. The molecule has 32 heavy (non-hydrogen) atoms. The Bertz CT molecular complexity index is 1300. The largest absolute Gasteiger partial charge is 0.497 e. The summed E-state index contributed by atoms with van der Waals surface area (Å²) in [5.74, 6) is 0.470. The number of methoxy groups -OCH3 is 2. The maximum Gasteiger partial charge on any atom is 0.270 e. The van der Waals surface area contributed by atoms with Crippen LogP contribution in [0.25, 0.3) is 0 Å². The fourth-order valence-electron chi connectivity index (χ4n) is 3.27. The lowest BCUT2D eigenvalue weighted by Crippen LogP contribution is -2.38. The lowest BCUT2D eigenvalue weighted by Gasteiger charge is -2.29. The van der Waals surface area contributed by atoms with Gasteiger partial charge in [0.1, 0.15) is 16.4 Å². The van der Waals surface area contributed by atoms with E-state index >= 15 is 0 Å². The monoisotopic (exact) mass is 490 g/mol. The molecule has 0 atom stereocenters. The van der Waals surface area contributed by atoms with Crippen LogP contribution in [0.5, 0.6) is 11.5 Å². The number of anilines is 2. The van der Waals surface area contributed by atoms with Crippen molar-refractivity contribution in [1.29, 1.82) is 0 Å². The van der Waals surface area contributed by atoms with Gasteiger partial charge in [-0.15, -0.1) is 11.3 Å². The molecule has 166 valence electrons. The minimum atomic E-state index is -4.12. The first kappa shape index (κ1) is 22.2. The molecule has 7 nitrogen and oxygen atoms in total. The van der Waals surface area contributed by atoms with Gasteiger partial charge in [0.25, 0.3) is 10.0 Å². The maximum atomic E-state index is 13.5. The Hall–Kier alpha value is -3.01. The highest BCUT2D eigenvalue weighted by Gasteiger charge is 2.41. The molecule has 0 amide bonds. The number of carbonyl (C=O) groups excluding carboxylic acids is 1. The van der Waals surface area contributed by atoms with E-state index in [9.17, 15) is 13.2 Å². The summed E-state index contributed by atoms with van der Waals surface area (Å²) >= 11 is 7.15. The van der Waals surface area contributed by atoms with E-state index in [1.807, 2.05) is 0 Å². The fourth-order valence-corrected chi connectivity index (χ4v) is 5.88. The lowest BCUT2D eigenvalue weighted by molar-refractivity contribution is 0.104. The molecular weight excluding hydrogens is 472 g/mol. The van der Waals surface area contributed by atoms with E-state index in [4.69, 9.17) is 21.1 Å². The highest BCUT2D eigenvalue weighted by atomic mass is 35.5. The van der Waals surface area contributed by atoms with Crippen LogP contribution < -0.4 is 19.1 Å². The Balaban J connectivity index is 1.73. The Morgan fingerprint density at radius 3 is 2.53 bits per heavy atom. The predicted molar refractivity (Wildman–Crippen MR) is 126 cm³/mol. The Labute approximate surface area is 194 Å². The summed E-state index contributed by atoms with van der Waals surface area (Å²) in [6, 6.07) is 13.6. The van der Waals surface area contributed by atoms with Crippen molar-refractivity contribution in [1.82, 2.24) is 0 Å². The number of allylic oxidation sites excluding steroid dienone is 1. The highest BCUT2D eigenvalue weighted by Crippen LogP contribution is 2.39. The van der Waals surface area contributed by atoms with Crippen molar-refractivity contribution in [2.45, 2.75) is 6.54 Å². The van der Waals surface area contributed by atoms with Crippen LogP contribution in [0.3, 0.4) is 0 Å². The topological polar surface area (TPSA) is 84.9 Å². The average molecular weight is 491 g/mol. The van der Waals surface area contributed by atoms with E-state index in [1.165, 1.54) is 36.1 Å². The number of Topliss-reactive ketones (excluding diaryl/α,β-unsaturated/α-hetero) is 1. The van der Waals surface area contributed by atoms with E-state index in [1.54, 1.807) is 53.9 Å². The number of carbonyl (C=O) groups is 1. The molecule has 0 aliphatic carbocycles. The summed E-state index contributed by atoms with van der Waals surface area (Å²) in [6.07, 6.45) is 1.21. The highest BCUT2D eigenvalue weighted by molar-refractivity contribution is 7.97. The number of ether oxygens (including phenoxy) is 2. The maximum absolute atomic E-state index is 13.5. The third kappa shape index (κ3) is 4.06. The standard InChI is InChI=1S/C22H19ClN2O5S2/c1-29-16-7-8-17(19(11-16)30-2)24-12-20-21(26)22-18(9-10-31-22)25(32(20,27)28)13-14-3-5-15(23)6-4-14/h3-12,24H,13H2,1-2H3. The van der Waals surface area contributed by atoms with Crippen LogP contribution in [0.1, 0.15) is 15.2 Å². The molecule has 0 spiro atoms. The molecule has 1 aliphatic heterocycles. The van der Waals surface area contributed by atoms with Crippen LogP contribution in [-0.4, -0.2) is 28.4 Å². The first-order valence-corrected chi connectivity index (χ1v) is 12.1. The molecule has 3 aromatic rings. The summed E-state index contributed by atoms with van der Waals surface area (Å²) in [4.78, 5) is 13.1. The van der Waals surface area contributed by atoms with Crippen LogP contribution >= 0.6 is 22.9 Å². The first-order valence-electron chi connectivity index (χ1n) is 9.43. The van der Waals surface area contributed by atoms with Gasteiger partial charge in [0.05, 0.1) is 32.1 Å². The number of nitrogens with one attached hydrogen (secondary N) is 1. The van der Waals surface area contributed by atoms with Gasteiger partial charge in [-0.1, -0.05) is 23.7 Å². The number of halogens is 1. The van der Waals surface area contributed by atoms with Crippen molar-refractivity contribution in [2.75, 3.05) is 23.8 Å². The fraction of sp³-hybridized carbons (Fsp3) is 0.136. The van der Waals surface area contributed by atoms with Crippen molar-refractivity contribution >= 4 is 50.1 Å². The molecule has 10 heteroatoms. The van der Waals surface area contributed by atoms with Gasteiger partial charge < -0.3 is 14.8 Å². The molecule has 2 heterocycles. The van der Waals surface area contributed by atoms with Crippen molar-refractivity contribution in [3.05, 3.63) is 80.5 Å². The van der Waals surface area contributed by atoms with Crippen molar-refractivity contribution < 1.29 is 22.7 Å². The summed E-state index contributed by atoms with van der Waals surface area (Å²) in [7, 11) is -1.10. The van der Waals surface area contributed by atoms with Crippen LogP contribution in [-0.2, 0) is 16.6 Å². The van der Waals surface area contributed by atoms with E-state index in [2.05, 4.69) is 5.32 Å². The molecule has 4 rings (SSSR count). The SMILES string of the molecule is COc1ccc(NC=C2C(=O)c3sccc3N(Cc3ccc(Cl)cc3)S2(=O)=O)c(OC)c1. The summed E-state index contributed by atoms with van der Waals surface area (Å²) in [5.41, 5.74) is 1.60. The number of fused-ring (bicyclic) bond motifs is 1. The van der Waals surface area contributed by atoms with Gasteiger partial charge in [0, 0.05) is 17.3 Å². The number of hydrogen-bond acceptors (Lipinski definition) is 7. The number of thiophene rings is 1. The third-order valence-electron chi connectivity index (χ3n) is 4.92. The summed E-state index contributed by atoms with van der Waals surface area (Å²) in [5, 5.41) is 5.16.